The molecule has 2 N–H and O–H groups in total. The van der Waals surface area contributed by atoms with E-state index in [1.165, 1.54) is 12.8 Å². The number of hydrogen-bond acceptors (Lipinski definition) is 4. The van der Waals surface area contributed by atoms with Crippen molar-refractivity contribution >= 4 is 27.4 Å². The molecule has 0 radical (unpaired) electrons. The van der Waals surface area contributed by atoms with Crippen LogP contribution < -0.4 is 5.32 Å². The lowest BCUT2D eigenvalue weighted by Gasteiger charge is -2.11. The molecule has 5 rings (SSSR count). The molecule has 1 fully saturated rings. The van der Waals surface area contributed by atoms with Gasteiger partial charge in [0.05, 0.1) is 17.6 Å². The number of halogens is 1. The summed E-state index contributed by atoms with van der Waals surface area (Å²) < 4.78 is 2.85. The van der Waals surface area contributed by atoms with E-state index in [4.69, 9.17) is 4.98 Å². The monoisotopic (exact) mass is 450 g/mol. The highest BCUT2D eigenvalue weighted by Gasteiger charge is 2.26. The molecule has 0 saturated heterocycles. The molecule has 0 unspecified atom stereocenters. The number of nitrogens with zero attached hydrogens (tertiary/aromatic N) is 4. The first kappa shape index (κ1) is 18.4. The van der Waals surface area contributed by atoms with E-state index in [2.05, 4.69) is 78.7 Å². The molecule has 0 aliphatic heterocycles. The Balaban J connectivity index is 1.53. The second-order valence-electron chi connectivity index (χ2n) is 8.05. The number of aromatic nitrogens is 5. The molecule has 1 aliphatic carbocycles. The van der Waals surface area contributed by atoms with Gasteiger partial charge in [-0.05, 0) is 40.8 Å². The topological polar surface area (TPSA) is 70.9 Å². The number of rotatable bonds is 6. The SMILES string of the molecule is CC(C)CNc1nc(Br)cn2c(-c3cccc(-c4c[nH]c(C5CC5)n4)c3)cnc12. The number of anilines is 1. The Bertz CT molecular complexity index is 1170. The lowest BCUT2D eigenvalue weighted by atomic mass is 10.1. The van der Waals surface area contributed by atoms with Crippen molar-refractivity contribution in [2.45, 2.75) is 32.6 Å². The van der Waals surface area contributed by atoms with Crippen LogP contribution >= 0.6 is 15.9 Å². The Hall–Kier alpha value is -2.67. The van der Waals surface area contributed by atoms with Crippen LogP contribution in [0.15, 0.2) is 47.5 Å². The Morgan fingerprint density at radius 3 is 2.86 bits per heavy atom. The fourth-order valence-corrected chi connectivity index (χ4v) is 3.86. The van der Waals surface area contributed by atoms with E-state index in [0.717, 1.165) is 51.0 Å². The summed E-state index contributed by atoms with van der Waals surface area (Å²) in [5, 5.41) is 3.41. The van der Waals surface area contributed by atoms with Gasteiger partial charge in [-0.3, -0.25) is 4.40 Å². The van der Waals surface area contributed by atoms with Gasteiger partial charge in [-0.2, -0.15) is 0 Å². The number of benzene rings is 1. The number of fused-ring (bicyclic) bond motifs is 1. The molecule has 1 aromatic carbocycles. The number of H-pyrrole nitrogens is 1. The third kappa shape index (κ3) is 3.67. The van der Waals surface area contributed by atoms with Crippen LogP contribution in [-0.4, -0.2) is 30.9 Å². The first-order valence-electron chi connectivity index (χ1n) is 10.0. The molecule has 0 amide bonds. The summed E-state index contributed by atoms with van der Waals surface area (Å²) in [6.07, 6.45) is 8.36. The van der Waals surface area contributed by atoms with Crippen LogP contribution in [0.1, 0.15) is 38.4 Å². The van der Waals surface area contributed by atoms with Crippen LogP contribution in [-0.2, 0) is 0 Å². The van der Waals surface area contributed by atoms with E-state index in [9.17, 15) is 0 Å². The zero-order valence-corrected chi connectivity index (χ0v) is 18.1. The lowest BCUT2D eigenvalue weighted by molar-refractivity contribution is 0.687. The fraction of sp³-hybridized carbons (Fsp3) is 0.318. The van der Waals surface area contributed by atoms with E-state index in [0.29, 0.717) is 11.8 Å². The Kier molecular flexibility index (Phi) is 4.62. The predicted molar refractivity (Wildman–Crippen MR) is 119 cm³/mol. The Labute approximate surface area is 177 Å². The molecule has 0 atom stereocenters. The van der Waals surface area contributed by atoms with Gasteiger partial charge in [-0.25, -0.2) is 15.0 Å². The van der Waals surface area contributed by atoms with Crippen molar-refractivity contribution in [1.82, 2.24) is 24.3 Å². The Morgan fingerprint density at radius 2 is 2.07 bits per heavy atom. The standard InChI is InChI=1S/C22H23BrN6/c1-13(2)9-24-21-22-26-11-18(29(22)12-19(23)28-21)16-5-3-4-15(8-16)17-10-25-20(27-17)14-6-7-14/h3-5,8,10-14H,6-7,9H2,1-2H3,(H,24,28)(H,25,27). The third-order valence-electron chi connectivity index (χ3n) is 5.16. The number of aromatic amines is 1. The summed E-state index contributed by atoms with van der Waals surface area (Å²) in [5.74, 6) is 3.04. The van der Waals surface area contributed by atoms with E-state index >= 15 is 0 Å². The van der Waals surface area contributed by atoms with Gasteiger partial charge in [0.15, 0.2) is 11.5 Å². The van der Waals surface area contributed by atoms with Gasteiger partial charge in [-0.15, -0.1) is 0 Å². The molecule has 1 saturated carbocycles. The minimum absolute atomic E-state index is 0.524. The summed E-state index contributed by atoms with van der Waals surface area (Å²) in [6, 6.07) is 8.46. The second-order valence-corrected chi connectivity index (χ2v) is 8.86. The van der Waals surface area contributed by atoms with Crippen molar-refractivity contribution in [2.24, 2.45) is 5.92 Å². The van der Waals surface area contributed by atoms with Crippen LogP contribution in [0.25, 0.3) is 28.2 Å². The van der Waals surface area contributed by atoms with Gasteiger partial charge >= 0.3 is 0 Å². The van der Waals surface area contributed by atoms with Gasteiger partial charge in [0.2, 0.25) is 0 Å². The smallest absolute Gasteiger partial charge is 0.180 e. The molecule has 7 heteroatoms. The fourth-order valence-electron chi connectivity index (χ4n) is 3.48. The van der Waals surface area contributed by atoms with Crippen LogP contribution in [0.5, 0.6) is 0 Å². The lowest BCUT2D eigenvalue weighted by Crippen LogP contribution is -2.10. The number of hydrogen-bond donors (Lipinski definition) is 2. The molecule has 1 aliphatic rings. The van der Waals surface area contributed by atoms with Gasteiger partial charge in [0, 0.05) is 36.0 Å². The van der Waals surface area contributed by atoms with Gasteiger partial charge in [0.1, 0.15) is 10.4 Å². The summed E-state index contributed by atoms with van der Waals surface area (Å²) in [7, 11) is 0. The molecule has 148 valence electrons. The van der Waals surface area contributed by atoms with Crippen molar-refractivity contribution in [3.05, 3.63) is 53.3 Å². The summed E-state index contributed by atoms with van der Waals surface area (Å²) in [4.78, 5) is 17.4. The number of nitrogens with one attached hydrogen (secondary N) is 2. The van der Waals surface area contributed by atoms with Gasteiger partial charge in [-0.1, -0.05) is 32.0 Å². The molecular formula is C22H23BrN6. The van der Waals surface area contributed by atoms with Gasteiger partial charge < -0.3 is 10.3 Å². The molecule has 29 heavy (non-hydrogen) atoms. The highest BCUT2D eigenvalue weighted by Crippen LogP contribution is 2.39. The second kappa shape index (κ2) is 7.30. The largest absolute Gasteiger partial charge is 0.367 e. The van der Waals surface area contributed by atoms with E-state index < -0.39 is 0 Å². The minimum atomic E-state index is 0.524. The van der Waals surface area contributed by atoms with Crippen molar-refractivity contribution in [3.63, 3.8) is 0 Å². The van der Waals surface area contributed by atoms with Crippen molar-refractivity contribution < 1.29 is 0 Å². The predicted octanol–water partition coefficient (Wildman–Crippen LogP) is 5.49. The van der Waals surface area contributed by atoms with Crippen molar-refractivity contribution in [2.75, 3.05) is 11.9 Å². The van der Waals surface area contributed by atoms with Crippen molar-refractivity contribution in [1.29, 1.82) is 0 Å². The minimum Gasteiger partial charge on any atom is -0.367 e. The molecule has 0 bridgehead atoms. The van der Waals surface area contributed by atoms with Crippen LogP contribution in [0, 0.1) is 5.92 Å². The molecule has 3 aromatic heterocycles. The summed E-state index contributed by atoms with van der Waals surface area (Å²) >= 11 is 3.54. The number of imidazole rings is 2. The summed E-state index contributed by atoms with van der Waals surface area (Å²) in [5.41, 5.74) is 5.04. The van der Waals surface area contributed by atoms with E-state index in [1.54, 1.807) is 0 Å². The molecule has 3 heterocycles. The van der Waals surface area contributed by atoms with Crippen LogP contribution in [0.3, 0.4) is 0 Å². The normalized spacial score (nSPS) is 14.1. The average molecular weight is 451 g/mol. The van der Waals surface area contributed by atoms with E-state index in [1.807, 2.05) is 18.6 Å². The van der Waals surface area contributed by atoms with Gasteiger partial charge in [0.25, 0.3) is 0 Å². The van der Waals surface area contributed by atoms with E-state index in [-0.39, 0.29) is 0 Å². The first-order chi connectivity index (χ1) is 14.1. The van der Waals surface area contributed by atoms with Crippen LogP contribution in [0.2, 0.25) is 0 Å². The summed E-state index contributed by atoms with van der Waals surface area (Å²) in [6.45, 7) is 5.20. The highest BCUT2D eigenvalue weighted by atomic mass is 79.9. The molecule has 6 nitrogen and oxygen atoms in total. The maximum atomic E-state index is 4.79. The van der Waals surface area contributed by atoms with Crippen LogP contribution in [0.4, 0.5) is 5.82 Å². The molecular weight excluding hydrogens is 428 g/mol. The Morgan fingerprint density at radius 1 is 1.24 bits per heavy atom. The molecule has 4 aromatic rings. The third-order valence-corrected chi connectivity index (χ3v) is 5.54. The first-order valence-corrected chi connectivity index (χ1v) is 10.8. The zero-order chi connectivity index (χ0) is 20.0. The maximum Gasteiger partial charge on any atom is 0.180 e. The quantitative estimate of drug-likeness (QED) is 0.407. The average Bonchev–Trinajstić information content (AvgIpc) is 3.28. The van der Waals surface area contributed by atoms with Crippen molar-refractivity contribution in [3.8, 4) is 22.5 Å². The molecule has 0 spiro atoms. The zero-order valence-electron chi connectivity index (χ0n) is 16.5. The maximum absolute atomic E-state index is 4.79. The highest BCUT2D eigenvalue weighted by molar-refractivity contribution is 9.10.